The van der Waals surface area contributed by atoms with Gasteiger partial charge in [0.2, 0.25) is 11.6 Å². The molecule has 4 aromatic rings. The molecule has 0 atom stereocenters. The summed E-state index contributed by atoms with van der Waals surface area (Å²) in [5.41, 5.74) is -0.794. The Balaban J connectivity index is 1.90. The van der Waals surface area contributed by atoms with Gasteiger partial charge in [0, 0.05) is 6.54 Å². The summed E-state index contributed by atoms with van der Waals surface area (Å²) in [6.07, 6.45) is -3.49. The van der Waals surface area contributed by atoms with Gasteiger partial charge in [-0.1, -0.05) is 35.5 Å². The molecular weight excluding hydrogens is 353 g/mol. The van der Waals surface area contributed by atoms with Crippen molar-refractivity contribution >= 4 is 11.2 Å². The number of fused-ring (bicyclic) bond motifs is 1. The van der Waals surface area contributed by atoms with Crippen LogP contribution in [0.15, 0.2) is 46.0 Å². The summed E-state index contributed by atoms with van der Waals surface area (Å²) in [5, 5.41) is 3.32. The quantitative estimate of drug-likeness (QED) is 0.600. The number of aromatic amines is 1. The van der Waals surface area contributed by atoms with E-state index in [1.54, 1.807) is 24.3 Å². The SMILES string of the molecule is O=c1[nH]c(-c2nc(C(F)(F)F)c3c(ncn3Cc3ccccc3)n2)no1. The highest BCUT2D eigenvalue weighted by Gasteiger charge is 2.38. The minimum atomic E-state index is -4.76. The second-order valence-electron chi connectivity index (χ2n) is 5.37. The highest BCUT2D eigenvalue weighted by molar-refractivity contribution is 5.76. The van der Waals surface area contributed by atoms with Gasteiger partial charge in [0.25, 0.3) is 0 Å². The molecule has 4 rings (SSSR count). The van der Waals surface area contributed by atoms with Crippen LogP contribution in [-0.2, 0) is 12.7 Å². The van der Waals surface area contributed by atoms with Crippen LogP contribution >= 0.6 is 0 Å². The molecule has 0 radical (unpaired) electrons. The van der Waals surface area contributed by atoms with E-state index in [9.17, 15) is 18.0 Å². The smallest absolute Gasteiger partial charge is 0.323 e. The van der Waals surface area contributed by atoms with E-state index in [0.29, 0.717) is 0 Å². The zero-order valence-corrected chi connectivity index (χ0v) is 12.9. The van der Waals surface area contributed by atoms with E-state index >= 15 is 0 Å². The number of nitrogens with zero attached hydrogens (tertiary/aromatic N) is 5. The first-order valence-corrected chi connectivity index (χ1v) is 7.32. The fraction of sp³-hybridized carbons (Fsp3) is 0.133. The predicted octanol–water partition coefficient (Wildman–Crippen LogP) is 2.24. The molecule has 0 aliphatic heterocycles. The van der Waals surface area contributed by atoms with Crippen molar-refractivity contribution in [2.24, 2.45) is 0 Å². The molecular formula is C15H9F3N6O2. The molecule has 1 N–H and O–H groups in total. The second-order valence-corrected chi connectivity index (χ2v) is 5.37. The zero-order valence-electron chi connectivity index (χ0n) is 12.9. The minimum absolute atomic E-state index is 0.165. The fourth-order valence-corrected chi connectivity index (χ4v) is 2.51. The number of hydrogen-bond acceptors (Lipinski definition) is 6. The molecule has 26 heavy (non-hydrogen) atoms. The number of imidazole rings is 1. The van der Waals surface area contributed by atoms with Crippen LogP contribution in [-0.4, -0.2) is 29.7 Å². The van der Waals surface area contributed by atoms with Gasteiger partial charge in [0.05, 0.1) is 6.33 Å². The van der Waals surface area contributed by atoms with E-state index in [-0.39, 0.29) is 23.5 Å². The molecule has 132 valence electrons. The standard InChI is InChI=1S/C15H9F3N6O2/c16-15(17,18)10-9-11(21-12(20-10)13-22-14(25)26-23-13)19-7-24(9)6-8-4-2-1-3-5-8/h1-5,7H,6H2,(H,22,23,25). The lowest BCUT2D eigenvalue weighted by Crippen LogP contribution is -2.13. The molecule has 0 aliphatic rings. The van der Waals surface area contributed by atoms with Crippen molar-refractivity contribution in [2.45, 2.75) is 12.7 Å². The van der Waals surface area contributed by atoms with E-state index in [0.717, 1.165) is 5.56 Å². The molecule has 3 aromatic heterocycles. The Morgan fingerprint density at radius 2 is 1.92 bits per heavy atom. The summed E-state index contributed by atoms with van der Waals surface area (Å²) in [6.45, 7) is 0.171. The van der Waals surface area contributed by atoms with Gasteiger partial charge in [0.1, 0.15) is 5.52 Å². The number of benzene rings is 1. The van der Waals surface area contributed by atoms with Crippen molar-refractivity contribution < 1.29 is 17.7 Å². The van der Waals surface area contributed by atoms with Crippen molar-refractivity contribution in [3.63, 3.8) is 0 Å². The zero-order chi connectivity index (χ0) is 18.3. The number of nitrogens with one attached hydrogen (secondary N) is 1. The second kappa shape index (κ2) is 5.79. The summed E-state index contributed by atoms with van der Waals surface area (Å²) in [5.74, 6) is -1.66. The molecule has 0 bridgehead atoms. The molecule has 0 unspecified atom stereocenters. The van der Waals surface area contributed by atoms with Gasteiger partial charge in [-0.3, -0.25) is 9.51 Å². The van der Waals surface area contributed by atoms with Gasteiger partial charge in [-0.25, -0.2) is 19.7 Å². The number of aromatic nitrogens is 6. The third-order valence-electron chi connectivity index (χ3n) is 3.59. The summed E-state index contributed by atoms with van der Waals surface area (Å²) in [6, 6.07) is 8.96. The Labute approximate surface area is 142 Å². The maximum Gasteiger partial charge on any atom is 0.439 e. The molecule has 0 aliphatic carbocycles. The lowest BCUT2D eigenvalue weighted by Gasteiger charge is -2.11. The summed E-state index contributed by atoms with van der Waals surface area (Å²) < 4.78 is 46.3. The van der Waals surface area contributed by atoms with Crippen molar-refractivity contribution in [3.8, 4) is 11.6 Å². The topological polar surface area (TPSA) is 102 Å². The summed E-state index contributed by atoms with van der Waals surface area (Å²) in [4.78, 5) is 24.6. The molecule has 0 amide bonds. The van der Waals surface area contributed by atoms with Crippen LogP contribution < -0.4 is 5.76 Å². The van der Waals surface area contributed by atoms with Crippen LogP contribution in [0.25, 0.3) is 22.8 Å². The molecule has 11 heteroatoms. The Hall–Kier alpha value is -3.50. The van der Waals surface area contributed by atoms with Crippen LogP contribution in [0.2, 0.25) is 0 Å². The Kier molecular flexibility index (Phi) is 3.56. The summed E-state index contributed by atoms with van der Waals surface area (Å²) in [7, 11) is 0. The van der Waals surface area contributed by atoms with E-state index in [1.165, 1.54) is 10.9 Å². The predicted molar refractivity (Wildman–Crippen MR) is 82.0 cm³/mol. The van der Waals surface area contributed by atoms with Crippen LogP contribution in [0.5, 0.6) is 0 Å². The number of halogens is 3. The molecule has 8 nitrogen and oxygen atoms in total. The Bertz CT molecular complexity index is 1130. The van der Waals surface area contributed by atoms with Crippen LogP contribution in [0, 0.1) is 0 Å². The summed E-state index contributed by atoms with van der Waals surface area (Å²) >= 11 is 0. The van der Waals surface area contributed by atoms with E-state index in [1.807, 2.05) is 6.07 Å². The highest BCUT2D eigenvalue weighted by atomic mass is 19.4. The minimum Gasteiger partial charge on any atom is -0.323 e. The van der Waals surface area contributed by atoms with Crippen LogP contribution in [0.1, 0.15) is 11.3 Å². The van der Waals surface area contributed by atoms with Crippen molar-refractivity contribution in [1.29, 1.82) is 0 Å². The first-order valence-electron chi connectivity index (χ1n) is 7.32. The lowest BCUT2D eigenvalue weighted by molar-refractivity contribution is -0.140. The lowest BCUT2D eigenvalue weighted by atomic mass is 10.2. The van der Waals surface area contributed by atoms with Gasteiger partial charge >= 0.3 is 11.9 Å². The van der Waals surface area contributed by atoms with E-state index in [4.69, 9.17) is 0 Å². The van der Waals surface area contributed by atoms with Gasteiger partial charge < -0.3 is 4.57 Å². The Morgan fingerprint density at radius 3 is 2.58 bits per heavy atom. The van der Waals surface area contributed by atoms with Crippen molar-refractivity contribution in [1.82, 2.24) is 29.7 Å². The normalized spacial score (nSPS) is 12.0. The fourth-order valence-electron chi connectivity index (χ4n) is 2.51. The molecule has 1 aromatic carbocycles. The number of alkyl halides is 3. The van der Waals surface area contributed by atoms with Gasteiger partial charge in [-0.2, -0.15) is 13.2 Å². The first kappa shape index (κ1) is 16.0. The average Bonchev–Trinajstić information content (AvgIpc) is 3.21. The average molecular weight is 362 g/mol. The molecule has 3 heterocycles. The van der Waals surface area contributed by atoms with Gasteiger partial charge in [-0.15, -0.1) is 0 Å². The maximum atomic E-state index is 13.6. The largest absolute Gasteiger partial charge is 0.439 e. The highest BCUT2D eigenvalue weighted by Crippen LogP contribution is 2.33. The number of hydrogen-bond donors (Lipinski definition) is 1. The van der Waals surface area contributed by atoms with E-state index in [2.05, 4.69) is 29.6 Å². The number of rotatable bonds is 3. The monoisotopic (exact) mass is 362 g/mol. The van der Waals surface area contributed by atoms with Crippen LogP contribution in [0.3, 0.4) is 0 Å². The van der Waals surface area contributed by atoms with Gasteiger partial charge in [0.15, 0.2) is 11.3 Å². The third kappa shape index (κ3) is 2.83. The third-order valence-corrected chi connectivity index (χ3v) is 3.59. The first-order chi connectivity index (χ1) is 12.4. The molecule has 0 fully saturated rings. The van der Waals surface area contributed by atoms with Gasteiger partial charge in [-0.05, 0) is 5.56 Å². The van der Waals surface area contributed by atoms with Crippen molar-refractivity contribution in [3.05, 3.63) is 58.5 Å². The maximum absolute atomic E-state index is 13.6. The molecule has 0 saturated carbocycles. The number of H-pyrrole nitrogens is 1. The molecule has 0 spiro atoms. The van der Waals surface area contributed by atoms with Crippen LogP contribution in [0.4, 0.5) is 13.2 Å². The van der Waals surface area contributed by atoms with E-state index < -0.39 is 23.5 Å². The Morgan fingerprint density at radius 1 is 1.15 bits per heavy atom. The van der Waals surface area contributed by atoms with Crippen molar-refractivity contribution in [2.75, 3.05) is 0 Å². The molecule has 0 saturated heterocycles.